The van der Waals surface area contributed by atoms with Crippen LogP contribution in [0.1, 0.15) is 12.5 Å². The molecule has 4 rings (SSSR count). The van der Waals surface area contributed by atoms with Crippen LogP contribution in [-0.2, 0) is 6.42 Å². The van der Waals surface area contributed by atoms with Crippen molar-refractivity contribution in [1.82, 2.24) is 0 Å². The summed E-state index contributed by atoms with van der Waals surface area (Å²) >= 11 is -3.36. The fraction of sp³-hybridized carbons (Fsp3) is 0.0769. The second-order valence-electron chi connectivity index (χ2n) is 6.90. The molecule has 0 heterocycles. The van der Waals surface area contributed by atoms with Crippen LogP contribution in [0, 0.1) is 0 Å². The van der Waals surface area contributed by atoms with Crippen LogP contribution in [0.25, 0.3) is 0 Å². The maximum absolute atomic E-state index is 3.36. The molecule has 0 fully saturated rings. The summed E-state index contributed by atoms with van der Waals surface area (Å²) in [5, 5.41) is 0. The molecular formula is C26H24Sn. The first-order chi connectivity index (χ1) is 13.4. The van der Waals surface area contributed by atoms with Crippen LogP contribution in [0.4, 0.5) is 0 Å². The van der Waals surface area contributed by atoms with Crippen molar-refractivity contribution < 1.29 is 0 Å². The van der Waals surface area contributed by atoms with Gasteiger partial charge in [-0.25, -0.2) is 0 Å². The molecule has 0 amide bonds. The average molecular weight is 455 g/mol. The molecule has 0 aliphatic carbocycles. The predicted octanol–water partition coefficient (Wildman–Crippen LogP) is 3.63. The maximum atomic E-state index is 2.39. The number of benzene rings is 4. The van der Waals surface area contributed by atoms with Crippen molar-refractivity contribution in [3.05, 3.63) is 121 Å². The van der Waals surface area contributed by atoms with E-state index in [0.29, 0.717) is 0 Å². The van der Waals surface area contributed by atoms with Gasteiger partial charge in [-0.05, 0) is 0 Å². The van der Waals surface area contributed by atoms with E-state index in [1.54, 1.807) is 0 Å². The van der Waals surface area contributed by atoms with Crippen LogP contribution in [0.15, 0.2) is 115 Å². The van der Waals surface area contributed by atoms with Crippen molar-refractivity contribution >= 4 is 32.7 Å². The number of hydrogen-bond donors (Lipinski definition) is 0. The van der Waals surface area contributed by atoms with E-state index >= 15 is 0 Å². The second-order valence-corrected chi connectivity index (χ2v) is 17.8. The van der Waals surface area contributed by atoms with Gasteiger partial charge in [-0.2, -0.15) is 0 Å². The summed E-state index contributed by atoms with van der Waals surface area (Å²) in [5.74, 6) is 0. The molecular weight excluding hydrogens is 431 g/mol. The first-order valence-corrected chi connectivity index (χ1v) is 15.3. The SMILES string of the molecule is CCc1cc[c]([Sn]([c]2ccccc2)([c]2ccccc2)[c]2ccccc2)cc1. The summed E-state index contributed by atoms with van der Waals surface area (Å²) in [4.78, 5) is 0. The summed E-state index contributed by atoms with van der Waals surface area (Å²) < 4.78 is 5.99. The Hall–Kier alpha value is -2.32. The van der Waals surface area contributed by atoms with Crippen LogP contribution in [0.5, 0.6) is 0 Å². The molecule has 0 radical (unpaired) electrons. The van der Waals surface area contributed by atoms with Crippen molar-refractivity contribution in [1.29, 1.82) is 0 Å². The van der Waals surface area contributed by atoms with Crippen molar-refractivity contribution in [2.24, 2.45) is 0 Å². The van der Waals surface area contributed by atoms with Crippen molar-refractivity contribution in [2.45, 2.75) is 13.3 Å². The Morgan fingerprint density at radius 2 is 0.778 bits per heavy atom. The first kappa shape index (κ1) is 18.1. The van der Waals surface area contributed by atoms with Crippen molar-refractivity contribution in [3.8, 4) is 0 Å². The average Bonchev–Trinajstić information content (AvgIpc) is 2.77. The Kier molecular flexibility index (Phi) is 5.45. The molecule has 0 aliphatic rings. The zero-order chi connectivity index (χ0) is 18.5. The molecule has 4 aromatic carbocycles. The van der Waals surface area contributed by atoms with Crippen molar-refractivity contribution in [3.63, 3.8) is 0 Å². The molecule has 0 atom stereocenters. The van der Waals surface area contributed by atoms with Gasteiger partial charge in [0.2, 0.25) is 0 Å². The van der Waals surface area contributed by atoms with Crippen molar-refractivity contribution in [2.75, 3.05) is 0 Å². The summed E-state index contributed by atoms with van der Waals surface area (Å²) in [6, 6.07) is 42.9. The third kappa shape index (κ3) is 3.34. The van der Waals surface area contributed by atoms with E-state index in [1.807, 2.05) is 0 Å². The number of hydrogen-bond acceptors (Lipinski definition) is 0. The quantitative estimate of drug-likeness (QED) is 0.404. The molecule has 0 aliphatic heterocycles. The Bertz CT molecular complexity index is 878. The molecule has 0 spiro atoms. The topological polar surface area (TPSA) is 0 Å². The molecule has 4 aromatic rings. The van der Waals surface area contributed by atoms with E-state index in [1.165, 1.54) is 19.9 Å². The summed E-state index contributed by atoms with van der Waals surface area (Å²) in [6.45, 7) is 2.22. The zero-order valence-corrected chi connectivity index (χ0v) is 18.5. The second kappa shape index (κ2) is 8.14. The predicted molar refractivity (Wildman–Crippen MR) is 119 cm³/mol. The first-order valence-electron chi connectivity index (χ1n) is 9.61. The van der Waals surface area contributed by atoms with Gasteiger partial charge in [0, 0.05) is 0 Å². The Balaban J connectivity index is 2.09. The van der Waals surface area contributed by atoms with E-state index in [4.69, 9.17) is 0 Å². The molecule has 0 saturated carbocycles. The fourth-order valence-corrected chi connectivity index (χ4v) is 17.6. The minimum absolute atomic E-state index is 1.07. The molecule has 0 bridgehead atoms. The molecule has 0 aromatic heterocycles. The summed E-state index contributed by atoms with van der Waals surface area (Å²) in [5.41, 5.74) is 1.40. The van der Waals surface area contributed by atoms with Crippen LogP contribution in [-0.4, -0.2) is 18.4 Å². The van der Waals surface area contributed by atoms with Crippen LogP contribution >= 0.6 is 0 Å². The molecule has 0 unspecified atom stereocenters. The van der Waals surface area contributed by atoms with Gasteiger partial charge in [-0.15, -0.1) is 0 Å². The van der Waals surface area contributed by atoms with Gasteiger partial charge < -0.3 is 0 Å². The van der Waals surface area contributed by atoms with E-state index in [9.17, 15) is 0 Å². The Labute approximate surface area is 166 Å². The van der Waals surface area contributed by atoms with Crippen LogP contribution in [0.2, 0.25) is 0 Å². The van der Waals surface area contributed by atoms with Gasteiger partial charge in [-0.3, -0.25) is 0 Å². The normalized spacial score (nSPS) is 11.3. The zero-order valence-electron chi connectivity index (χ0n) is 15.7. The van der Waals surface area contributed by atoms with Gasteiger partial charge in [-0.1, -0.05) is 0 Å². The van der Waals surface area contributed by atoms with Gasteiger partial charge in [0.1, 0.15) is 0 Å². The van der Waals surface area contributed by atoms with E-state index in [-0.39, 0.29) is 0 Å². The minimum atomic E-state index is -3.36. The molecule has 132 valence electrons. The van der Waals surface area contributed by atoms with Gasteiger partial charge in [0.05, 0.1) is 0 Å². The summed E-state index contributed by atoms with van der Waals surface area (Å²) in [6.07, 6.45) is 1.07. The van der Waals surface area contributed by atoms with E-state index in [2.05, 4.69) is 122 Å². The van der Waals surface area contributed by atoms with E-state index < -0.39 is 18.4 Å². The molecule has 27 heavy (non-hydrogen) atoms. The Morgan fingerprint density at radius 3 is 1.11 bits per heavy atom. The fourth-order valence-electron chi connectivity index (χ4n) is 4.05. The third-order valence-electron chi connectivity index (χ3n) is 5.42. The monoisotopic (exact) mass is 456 g/mol. The number of aryl methyl sites for hydroxylation is 1. The standard InChI is InChI=1S/C8H9.3C6H5.Sn/c1-2-8-6-4-3-5-7-8;3*1-2-4-6-5-3-1;/h4-7H,2H2,1H3;3*1-5H;. The Morgan fingerprint density at radius 1 is 0.444 bits per heavy atom. The number of rotatable bonds is 5. The van der Waals surface area contributed by atoms with Crippen LogP contribution < -0.4 is 14.3 Å². The third-order valence-corrected chi connectivity index (χ3v) is 19.1. The summed E-state index contributed by atoms with van der Waals surface area (Å²) in [7, 11) is 0. The molecule has 0 N–H and O–H groups in total. The van der Waals surface area contributed by atoms with Crippen LogP contribution in [0.3, 0.4) is 0 Å². The van der Waals surface area contributed by atoms with E-state index in [0.717, 1.165) is 6.42 Å². The molecule has 0 saturated heterocycles. The van der Waals surface area contributed by atoms with Gasteiger partial charge in [0.25, 0.3) is 0 Å². The molecule has 1 heteroatoms. The van der Waals surface area contributed by atoms with Gasteiger partial charge >= 0.3 is 167 Å². The molecule has 0 nitrogen and oxygen atoms in total. The van der Waals surface area contributed by atoms with Gasteiger partial charge in [0.15, 0.2) is 0 Å².